The zero-order valence-corrected chi connectivity index (χ0v) is 25.0. The van der Waals surface area contributed by atoms with Crippen LogP contribution in [-0.4, -0.2) is 39.2 Å². The Morgan fingerprint density at radius 1 is 0.867 bits per heavy atom. The van der Waals surface area contributed by atoms with Crippen molar-refractivity contribution in [2.75, 3.05) is 12.4 Å². The number of nitrogens with zero attached hydrogens (tertiary/aromatic N) is 3. The van der Waals surface area contributed by atoms with Crippen molar-refractivity contribution >= 4 is 45.0 Å². The molecule has 4 aromatic carbocycles. The molecule has 2 aromatic heterocycles. The fourth-order valence-corrected chi connectivity index (χ4v) is 5.88. The highest BCUT2D eigenvalue weighted by Gasteiger charge is 2.27. The number of nitrogens with one attached hydrogen (secondary N) is 2. The quantitative estimate of drug-likeness (QED) is 0.191. The van der Waals surface area contributed by atoms with E-state index in [1.54, 1.807) is 67.7 Å². The maximum atomic E-state index is 13.6. The number of halogens is 1. The third-order valence-corrected chi connectivity index (χ3v) is 8.25. The van der Waals surface area contributed by atoms with Gasteiger partial charge in [-0.1, -0.05) is 54.6 Å². The molecule has 2 N–H and O–H groups in total. The van der Waals surface area contributed by atoms with E-state index in [2.05, 4.69) is 15.6 Å². The molecule has 6 aromatic rings. The number of carbonyl (C=O) groups excluding carboxylic acids is 3. The summed E-state index contributed by atoms with van der Waals surface area (Å²) < 4.78 is 15.9. The van der Waals surface area contributed by atoms with Crippen LogP contribution in [0.15, 0.2) is 122 Å². The molecule has 0 radical (unpaired) electrons. The molecule has 0 unspecified atom stereocenters. The molecule has 6 rings (SSSR count). The second kappa shape index (κ2) is 12.9. The monoisotopic (exact) mass is 617 g/mol. The highest BCUT2D eigenvalue weighted by molar-refractivity contribution is 7.20. The summed E-state index contributed by atoms with van der Waals surface area (Å²) in [6.07, 6.45) is 3.75. The zero-order chi connectivity index (χ0) is 31.3. The first-order chi connectivity index (χ1) is 21.9. The first-order valence-electron chi connectivity index (χ1n) is 14.2. The van der Waals surface area contributed by atoms with Gasteiger partial charge in [0, 0.05) is 31.7 Å². The van der Waals surface area contributed by atoms with Crippen LogP contribution in [0, 0.1) is 5.82 Å². The van der Waals surface area contributed by atoms with Gasteiger partial charge in [0.2, 0.25) is 5.91 Å². The van der Waals surface area contributed by atoms with Crippen LogP contribution in [-0.2, 0) is 11.3 Å². The first kappa shape index (κ1) is 29.5. The number of para-hydroxylation sites is 1. The van der Waals surface area contributed by atoms with E-state index < -0.39 is 11.9 Å². The summed E-state index contributed by atoms with van der Waals surface area (Å²) in [5.74, 6) is -1.45. The molecule has 2 heterocycles. The summed E-state index contributed by atoms with van der Waals surface area (Å²) in [4.78, 5) is 46.3. The average Bonchev–Trinajstić information content (AvgIpc) is 3.75. The molecule has 0 spiro atoms. The van der Waals surface area contributed by atoms with Gasteiger partial charge < -0.3 is 20.1 Å². The number of hydrogen-bond donors (Lipinski definition) is 2. The number of rotatable bonds is 9. The minimum Gasteiger partial charge on any atom is -0.339 e. The molecular weight excluding hydrogens is 589 g/mol. The summed E-state index contributed by atoms with van der Waals surface area (Å²) in [5.41, 5.74) is 3.79. The predicted octanol–water partition coefficient (Wildman–Crippen LogP) is 6.61. The molecule has 0 aliphatic heterocycles. The van der Waals surface area contributed by atoms with Crippen LogP contribution >= 0.6 is 11.3 Å². The van der Waals surface area contributed by atoms with E-state index >= 15 is 0 Å². The van der Waals surface area contributed by atoms with E-state index in [0.717, 1.165) is 11.3 Å². The predicted molar refractivity (Wildman–Crippen MR) is 173 cm³/mol. The maximum Gasteiger partial charge on any atom is 0.281 e. The molecular formula is C35H28FN5O3S. The van der Waals surface area contributed by atoms with Crippen molar-refractivity contribution in [3.8, 4) is 5.69 Å². The number of carbonyl (C=O) groups is 3. The SMILES string of the molecule is CN(Cc1ccc(F)cc1)C(=O)[C@@H](NC(=O)c1nc2ccc(NC(=O)c3ccccc3-n3cccc3)cc2s1)c1ccccc1. The lowest BCUT2D eigenvalue weighted by Gasteiger charge is -2.25. The van der Waals surface area contributed by atoms with Crippen molar-refractivity contribution in [3.63, 3.8) is 0 Å². The lowest BCUT2D eigenvalue weighted by Crippen LogP contribution is -2.41. The van der Waals surface area contributed by atoms with Crippen molar-refractivity contribution in [2.45, 2.75) is 12.6 Å². The van der Waals surface area contributed by atoms with Crippen molar-refractivity contribution in [3.05, 3.63) is 149 Å². The van der Waals surface area contributed by atoms with Crippen LogP contribution in [0.1, 0.15) is 37.3 Å². The molecule has 1 atom stereocenters. The van der Waals surface area contributed by atoms with Crippen LogP contribution in [0.3, 0.4) is 0 Å². The number of likely N-dealkylation sites (N-methyl/N-ethyl adjacent to an activating group) is 1. The zero-order valence-electron chi connectivity index (χ0n) is 24.2. The molecule has 0 aliphatic carbocycles. The highest BCUT2D eigenvalue weighted by atomic mass is 32.1. The van der Waals surface area contributed by atoms with Crippen molar-refractivity contribution in [1.82, 2.24) is 19.8 Å². The molecule has 0 bridgehead atoms. The Morgan fingerprint density at radius 3 is 2.33 bits per heavy atom. The van der Waals surface area contributed by atoms with Crippen molar-refractivity contribution in [2.24, 2.45) is 0 Å². The van der Waals surface area contributed by atoms with E-state index in [1.807, 2.05) is 53.4 Å². The average molecular weight is 618 g/mol. The molecule has 10 heteroatoms. The van der Waals surface area contributed by atoms with E-state index in [0.29, 0.717) is 27.0 Å². The van der Waals surface area contributed by atoms with Gasteiger partial charge in [-0.3, -0.25) is 14.4 Å². The van der Waals surface area contributed by atoms with Gasteiger partial charge in [-0.25, -0.2) is 9.37 Å². The third kappa shape index (κ3) is 6.66. The molecule has 0 aliphatic rings. The number of anilines is 1. The van der Waals surface area contributed by atoms with Gasteiger partial charge in [-0.05, 0) is 65.7 Å². The van der Waals surface area contributed by atoms with Gasteiger partial charge >= 0.3 is 0 Å². The molecule has 0 saturated heterocycles. The first-order valence-corrected chi connectivity index (χ1v) is 15.0. The number of thiazole rings is 1. The summed E-state index contributed by atoms with van der Waals surface area (Å²) >= 11 is 1.17. The van der Waals surface area contributed by atoms with Gasteiger partial charge in [0.1, 0.15) is 11.9 Å². The van der Waals surface area contributed by atoms with Crippen LogP contribution in [0.25, 0.3) is 15.9 Å². The Balaban J connectivity index is 1.20. The Hall–Kier alpha value is -5.61. The smallest absolute Gasteiger partial charge is 0.281 e. The van der Waals surface area contributed by atoms with Gasteiger partial charge in [-0.15, -0.1) is 11.3 Å². The van der Waals surface area contributed by atoms with E-state index in [1.165, 1.54) is 28.4 Å². The van der Waals surface area contributed by atoms with Crippen LogP contribution < -0.4 is 10.6 Å². The van der Waals surface area contributed by atoms with Crippen LogP contribution in [0.4, 0.5) is 10.1 Å². The molecule has 3 amide bonds. The Labute approximate surface area is 262 Å². The van der Waals surface area contributed by atoms with Gasteiger partial charge in [0.25, 0.3) is 11.8 Å². The maximum absolute atomic E-state index is 13.6. The fraction of sp³-hybridized carbons (Fsp3) is 0.0857. The van der Waals surface area contributed by atoms with Gasteiger partial charge in [0.05, 0.1) is 21.5 Å². The fourth-order valence-electron chi connectivity index (χ4n) is 4.97. The Morgan fingerprint density at radius 2 is 1.58 bits per heavy atom. The molecule has 8 nitrogen and oxygen atoms in total. The van der Waals surface area contributed by atoms with E-state index in [4.69, 9.17) is 0 Å². The van der Waals surface area contributed by atoms with Crippen molar-refractivity contribution in [1.29, 1.82) is 0 Å². The van der Waals surface area contributed by atoms with E-state index in [9.17, 15) is 18.8 Å². The normalized spacial score (nSPS) is 11.6. The molecule has 0 fully saturated rings. The molecule has 45 heavy (non-hydrogen) atoms. The Kier molecular flexibility index (Phi) is 8.47. The number of benzene rings is 4. The lowest BCUT2D eigenvalue weighted by molar-refractivity contribution is -0.132. The number of hydrogen-bond acceptors (Lipinski definition) is 5. The highest BCUT2D eigenvalue weighted by Crippen LogP contribution is 2.27. The number of fused-ring (bicyclic) bond motifs is 1. The van der Waals surface area contributed by atoms with Crippen molar-refractivity contribution < 1.29 is 18.8 Å². The molecule has 224 valence electrons. The number of amides is 3. The molecule has 0 saturated carbocycles. The lowest BCUT2D eigenvalue weighted by atomic mass is 10.1. The standard InChI is InChI=1S/C35H28FN5O3S/c1-40(22-23-13-15-25(36)16-14-23)35(44)31(24-9-3-2-4-10-24)39-33(43)34-38-28-18-17-26(21-30(28)45-34)37-32(42)27-11-5-6-12-29(27)41-19-7-8-20-41/h2-21,31H,22H2,1H3,(H,37,42)(H,39,43)/t31-/m0/s1. The largest absolute Gasteiger partial charge is 0.339 e. The topological polar surface area (TPSA) is 96.3 Å². The second-order valence-corrected chi connectivity index (χ2v) is 11.4. The number of aromatic nitrogens is 2. The Bertz CT molecular complexity index is 1970. The summed E-state index contributed by atoms with van der Waals surface area (Å²) in [6.45, 7) is 0.240. The van der Waals surface area contributed by atoms with Crippen LogP contribution in [0.5, 0.6) is 0 Å². The summed E-state index contributed by atoms with van der Waals surface area (Å²) in [6, 6.07) is 30.3. The summed E-state index contributed by atoms with van der Waals surface area (Å²) in [7, 11) is 1.64. The van der Waals surface area contributed by atoms with E-state index in [-0.39, 0.29) is 29.2 Å². The second-order valence-electron chi connectivity index (χ2n) is 10.4. The third-order valence-electron chi connectivity index (χ3n) is 7.24. The minimum atomic E-state index is -0.966. The summed E-state index contributed by atoms with van der Waals surface area (Å²) in [5, 5.41) is 5.99. The minimum absolute atomic E-state index is 0.182. The van der Waals surface area contributed by atoms with Crippen LogP contribution in [0.2, 0.25) is 0 Å². The van der Waals surface area contributed by atoms with Gasteiger partial charge in [-0.2, -0.15) is 0 Å². The van der Waals surface area contributed by atoms with Gasteiger partial charge in [0.15, 0.2) is 5.01 Å².